The van der Waals surface area contributed by atoms with Gasteiger partial charge in [-0.2, -0.15) is 0 Å². The maximum atomic E-state index is 6.55. The van der Waals surface area contributed by atoms with E-state index in [2.05, 4.69) is 67.6 Å². The Bertz CT molecular complexity index is 1290. The molecule has 0 amide bonds. The summed E-state index contributed by atoms with van der Waals surface area (Å²) in [6.45, 7) is 2.28. The van der Waals surface area contributed by atoms with Crippen molar-refractivity contribution >= 4 is 48.8 Å². The van der Waals surface area contributed by atoms with Gasteiger partial charge in [0.2, 0.25) is 0 Å². The summed E-state index contributed by atoms with van der Waals surface area (Å²) in [5.41, 5.74) is 8.90. The molecule has 0 aromatic heterocycles. The lowest BCUT2D eigenvalue weighted by Crippen LogP contribution is -1.95. The molecule has 0 saturated carbocycles. The second kappa shape index (κ2) is 7.55. The van der Waals surface area contributed by atoms with Gasteiger partial charge in [-0.25, -0.2) is 0 Å². The average Bonchev–Trinajstić information content (AvgIpc) is 2.75. The molecule has 1 nitrogen and oxygen atoms in total. The summed E-state index contributed by atoms with van der Waals surface area (Å²) < 4.78 is 0. The topological polar surface area (TPSA) is 26.0 Å². The quantitative estimate of drug-likeness (QED) is 0.131. The normalized spacial score (nSPS) is 12.0. The number of anilines is 1. The van der Waals surface area contributed by atoms with E-state index in [0.717, 1.165) is 12.1 Å². The van der Waals surface area contributed by atoms with Gasteiger partial charge in [0.15, 0.2) is 0 Å². The molecule has 146 valence electrons. The number of fused-ring (bicyclic) bond motifs is 2. The van der Waals surface area contributed by atoms with E-state index < -0.39 is 0 Å². The van der Waals surface area contributed by atoms with Crippen molar-refractivity contribution in [3.63, 3.8) is 0 Å². The van der Waals surface area contributed by atoms with Gasteiger partial charge in [-0.15, -0.1) is 0 Å². The summed E-state index contributed by atoms with van der Waals surface area (Å²) in [5, 5.41) is 10.5. The highest BCUT2D eigenvalue weighted by Crippen LogP contribution is 2.43. The van der Waals surface area contributed by atoms with E-state index in [9.17, 15) is 0 Å². The fraction of sp³-hybridized carbons (Fsp3) is 0.286. The van der Waals surface area contributed by atoms with Gasteiger partial charge in [0.05, 0.1) is 0 Å². The fourth-order valence-corrected chi connectivity index (χ4v) is 5.13. The summed E-state index contributed by atoms with van der Waals surface area (Å²) in [6, 6.07) is 22.3. The second-order valence-electron chi connectivity index (χ2n) is 8.45. The van der Waals surface area contributed by atoms with Crippen molar-refractivity contribution in [2.24, 2.45) is 0 Å². The van der Waals surface area contributed by atoms with Crippen LogP contribution in [0.25, 0.3) is 43.1 Å². The molecular weight excluding hydrogens is 350 g/mol. The summed E-state index contributed by atoms with van der Waals surface area (Å²) >= 11 is 0. The van der Waals surface area contributed by atoms with Crippen LogP contribution >= 0.6 is 0 Å². The molecule has 0 unspecified atom stereocenters. The molecular formula is C28H29N. The van der Waals surface area contributed by atoms with Crippen LogP contribution < -0.4 is 5.73 Å². The van der Waals surface area contributed by atoms with Gasteiger partial charge < -0.3 is 5.73 Å². The first-order valence-corrected chi connectivity index (χ1v) is 11.2. The Morgan fingerprint density at radius 1 is 0.586 bits per heavy atom. The molecule has 29 heavy (non-hydrogen) atoms. The lowest BCUT2D eigenvalue weighted by atomic mass is 9.87. The SMILES string of the molecule is CCCCCCCCc1ccc2c3cccc4cccc(c5c(N)ccc1c25)c43. The third-order valence-corrected chi connectivity index (χ3v) is 6.57. The zero-order valence-corrected chi connectivity index (χ0v) is 17.3. The maximum Gasteiger partial charge on any atom is 0.0400 e. The van der Waals surface area contributed by atoms with E-state index in [1.807, 2.05) is 0 Å². The Hall–Kier alpha value is -2.80. The molecule has 0 bridgehead atoms. The van der Waals surface area contributed by atoms with Crippen LogP contribution in [-0.4, -0.2) is 0 Å². The van der Waals surface area contributed by atoms with Gasteiger partial charge in [0, 0.05) is 11.1 Å². The monoisotopic (exact) mass is 379 g/mol. The van der Waals surface area contributed by atoms with Crippen LogP contribution in [-0.2, 0) is 6.42 Å². The van der Waals surface area contributed by atoms with Crippen LogP contribution in [0.4, 0.5) is 5.69 Å². The number of nitrogen functional groups attached to an aromatic ring is 1. The first-order valence-electron chi connectivity index (χ1n) is 11.2. The van der Waals surface area contributed by atoms with E-state index in [1.165, 1.54) is 87.2 Å². The molecule has 1 heteroatoms. The van der Waals surface area contributed by atoms with Crippen LogP contribution in [0.15, 0.2) is 60.7 Å². The third-order valence-electron chi connectivity index (χ3n) is 6.57. The van der Waals surface area contributed by atoms with Gasteiger partial charge in [-0.3, -0.25) is 0 Å². The van der Waals surface area contributed by atoms with E-state index in [0.29, 0.717) is 0 Å². The molecule has 0 saturated heterocycles. The minimum absolute atomic E-state index is 0.887. The van der Waals surface area contributed by atoms with Gasteiger partial charge in [-0.1, -0.05) is 93.6 Å². The number of unbranched alkanes of at least 4 members (excludes halogenated alkanes) is 5. The van der Waals surface area contributed by atoms with Crippen LogP contribution in [0, 0.1) is 0 Å². The average molecular weight is 380 g/mol. The first-order chi connectivity index (χ1) is 14.3. The predicted molar refractivity (Wildman–Crippen MR) is 129 cm³/mol. The van der Waals surface area contributed by atoms with Gasteiger partial charge in [-0.05, 0) is 62.2 Å². The summed E-state index contributed by atoms with van der Waals surface area (Å²) in [7, 11) is 0. The molecule has 0 aliphatic rings. The number of hydrogen-bond donors (Lipinski definition) is 1. The Kier molecular flexibility index (Phi) is 4.75. The number of rotatable bonds is 7. The van der Waals surface area contributed by atoms with Crippen LogP contribution in [0.3, 0.4) is 0 Å². The Balaban J connectivity index is 1.67. The molecule has 5 aromatic rings. The van der Waals surface area contributed by atoms with Gasteiger partial charge in [0.1, 0.15) is 0 Å². The molecule has 5 rings (SSSR count). The molecule has 0 fully saturated rings. The molecule has 2 N–H and O–H groups in total. The van der Waals surface area contributed by atoms with E-state index in [4.69, 9.17) is 5.73 Å². The van der Waals surface area contributed by atoms with Gasteiger partial charge >= 0.3 is 0 Å². The highest BCUT2D eigenvalue weighted by Gasteiger charge is 2.16. The number of nitrogens with two attached hydrogens (primary N) is 1. The Morgan fingerprint density at radius 3 is 2.10 bits per heavy atom. The number of benzene rings is 5. The largest absolute Gasteiger partial charge is 0.398 e. The second-order valence-corrected chi connectivity index (χ2v) is 8.45. The van der Waals surface area contributed by atoms with E-state index in [-0.39, 0.29) is 0 Å². The zero-order valence-electron chi connectivity index (χ0n) is 17.3. The van der Waals surface area contributed by atoms with Gasteiger partial charge in [0.25, 0.3) is 0 Å². The van der Waals surface area contributed by atoms with Crippen molar-refractivity contribution in [1.82, 2.24) is 0 Å². The number of hydrogen-bond acceptors (Lipinski definition) is 1. The van der Waals surface area contributed by atoms with Crippen molar-refractivity contribution in [3.8, 4) is 0 Å². The molecule has 0 heterocycles. The fourth-order valence-electron chi connectivity index (χ4n) is 5.13. The molecule has 0 atom stereocenters. The van der Waals surface area contributed by atoms with E-state index in [1.54, 1.807) is 0 Å². The number of aryl methyl sites for hydroxylation is 1. The van der Waals surface area contributed by atoms with Crippen LogP contribution in [0.2, 0.25) is 0 Å². The molecule has 0 spiro atoms. The minimum atomic E-state index is 0.887. The van der Waals surface area contributed by atoms with Crippen molar-refractivity contribution in [2.45, 2.75) is 51.9 Å². The van der Waals surface area contributed by atoms with Crippen molar-refractivity contribution in [1.29, 1.82) is 0 Å². The lowest BCUT2D eigenvalue weighted by Gasteiger charge is -2.17. The standard InChI is InChI=1S/C28H29N/c1-2-3-4-5-6-7-10-19-15-16-23-22-13-8-11-20-12-9-14-24(26(20)22)28-25(29)18-17-21(19)27(23)28/h8-9,11-18H,2-7,10,29H2,1H3. The summed E-state index contributed by atoms with van der Waals surface area (Å²) in [4.78, 5) is 0. The molecule has 0 radical (unpaired) electrons. The summed E-state index contributed by atoms with van der Waals surface area (Å²) in [6.07, 6.45) is 9.15. The highest BCUT2D eigenvalue weighted by molar-refractivity contribution is 6.35. The Morgan fingerprint density at radius 2 is 1.28 bits per heavy atom. The smallest absolute Gasteiger partial charge is 0.0400 e. The molecule has 0 aliphatic carbocycles. The van der Waals surface area contributed by atoms with Crippen molar-refractivity contribution in [3.05, 3.63) is 66.2 Å². The van der Waals surface area contributed by atoms with Crippen LogP contribution in [0.5, 0.6) is 0 Å². The lowest BCUT2D eigenvalue weighted by molar-refractivity contribution is 0.608. The molecule has 5 aromatic carbocycles. The zero-order chi connectivity index (χ0) is 19.8. The summed E-state index contributed by atoms with van der Waals surface area (Å²) in [5.74, 6) is 0. The van der Waals surface area contributed by atoms with Crippen LogP contribution in [0.1, 0.15) is 51.0 Å². The predicted octanol–water partition coefficient (Wildman–Crippen LogP) is 8.22. The molecule has 0 aliphatic heterocycles. The maximum absolute atomic E-state index is 6.55. The minimum Gasteiger partial charge on any atom is -0.398 e. The van der Waals surface area contributed by atoms with E-state index >= 15 is 0 Å². The first kappa shape index (κ1) is 18.2. The van der Waals surface area contributed by atoms with Crippen molar-refractivity contribution < 1.29 is 0 Å². The highest BCUT2D eigenvalue weighted by atomic mass is 14.6. The Labute approximate surface area is 172 Å². The van der Waals surface area contributed by atoms with Crippen molar-refractivity contribution in [2.75, 3.05) is 5.73 Å². The third kappa shape index (κ3) is 3.00.